The molecule has 8 heteroatoms. The van der Waals surface area contributed by atoms with Crippen LogP contribution in [0.25, 0.3) is 11.1 Å². The largest absolute Gasteiger partial charge is 0.513 e. The summed E-state index contributed by atoms with van der Waals surface area (Å²) < 4.78 is 27.8. The number of hydrogen-bond acceptors (Lipinski definition) is 6. The van der Waals surface area contributed by atoms with E-state index in [9.17, 15) is 19.4 Å². The number of carbonyl (C=O) groups is 1. The summed E-state index contributed by atoms with van der Waals surface area (Å²) >= 11 is 0. The Morgan fingerprint density at radius 3 is 2.44 bits per heavy atom. The highest BCUT2D eigenvalue weighted by Gasteiger charge is 2.27. The van der Waals surface area contributed by atoms with Crippen molar-refractivity contribution in [2.45, 2.75) is 71.3 Å². The van der Waals surface area contributed by atoms with Crippen LogP contribution in [-0.4, -0.2) is 47.2 Å². The van der Waals surface area contributed by atoms with Crippen molar-refractivity contribution >= 4 is 5.97 Å². The van der Waals surface area contributed by atoms with Gasteiger partial charge in [-0.2, -0.15) is 0 Å². The van der Waals surface area contributed by atoms with Gasteiger partial charge in [-0.1, -0.05) is 38.1 Å². The molecule has 220 valence electrons. The molecule has 2 N–H and O–H groups in total. The first-order chi connectivity index (χ1) is 19.7. The number of nitrogens with zero attached hydrogens (tertiary/aromatic N) is 2. The van der Waals surface area contributed by atoms with Gasteiger partial charge in [-0.15, -0.1) is 0 Å². The molecular formula is C33H41FN2O5. The molecule has 0 bridgehead atoms. The number of piperidine rings is 1. The Bertz CT molecular complexity index is 1360. The summed E-state index contributed by atoms with van der Waals surface area (Å²) in [7, 11) is 1.26. The highest BCUT2D eigenvalue weighted by Crippen LogP contribution is 2.40. The summed E-state index contributed by atoms with van der Waals surface area (Å²) in [6, 6.07) is 14.1. The van der Waals surface area contributed by atoms with Crippen LogP contribution in [0.15, 0.2) is 60.4 Å². The van der Waals surface area contributed by atoms with Gasteiger partial charge in [-0.3, -0.25) is 9.47 Å². The number of allylic oxidation sites excluding steroid dienone is 1. The van der Waals surface area contributed by atoms with Crippen molar-refractivity contribution in [3.63, 3.8) is 0 Å². The lowest BCUT2D eigenvalue weighted by Gasteiger charge is -2.34. The van der Waals surface area contributed by atoms with Crippen LogP contribution in [0.1, 0.15) is 68.8 Å². The zero-order chi connectivity index (χ0) is 29.5. The Hall–Kier alpha value is -3.78. The van der Waals surface area contributed by atoms with E-state index in [-0.39, 0.29) is 30.3 Å². The van der Waals surface area contributed by atoms with Gasteiger partial charge in [0.1, 0.15) is 5.75 Å². The smallest absolute Gasteiger partial charge is 0.308 e. The minimum atomic E-state index is -1.04. The van der Waals surface area contributed by atoms with Crippen molar-refractivity contribution in [3.8, 4) is 22.6 Å². The van der Waals surface area contributed by atoms with Crippen molar-refractivity contribution in [1.29, 1.82) is 0 Å². The lowest BCUT2D eigenvalue weighted by Crippen LogP contribution is -2.41. The number of para-hydroxylation sites is 1. The van der Waals surface area contributed by atoms with Gasteiger partial charge in [0.15, 0.2) is 11.6 Å². The van der Waals surface area contributed by atoms with E-state index >= 15 is 0 Å². The standard InChI is InChI=1S/C33H41FN2O5/c1-22(2)33-28(15-14-25(37)20-26(38)21-31(39)40-4)32(23(3)36(33)35-17-9-6-10-18-35)24-13-16-29(34)30(19-24)41-27-11-7-5-8-12-27/h5,7-8,11-14,16,19,22,26,37-38H,6,9-10,15,17-18,20-21H2,1-4H3/b25-14+. The Kier molecular flexibility index (Phi) is 10.1. The topological polar surface area (TPSA) is 84.2 Å². The van der Waals surface area contributed by atoms with Gasteiger partial charge in [0.25, 0.3) is 0 Å². The molecule has 1 aromatic heterocycles. The van der Waals surface area contributed by atoms with Crippen molar-refractivity contribution in [1.82, 2.24) is 4.68 Å². The fourth-order valence-electron chi connectivity index (χ4n) is 5.63. The molecule has 7 nitrogen and oxygen atoms in total. The third kappa shape index (κ3) is 7.30. The number of hydrogen-bond donors (Lipinski definition) is 2. The maximum Gasteiger partial charge on any atom is 0.308 e. The molecule has 0 saturated carbocycles. The molecule has 2 heterocycles. The number of aliphatic hydroxyl groups excluding tert-OH is 2. The Morgan fingerprint density at radius 2 is 1.78 bits per heavy atom. The van der Waals surface area contributed by atoms with Gasteiger partial charge >= 0.3 is 5.97 Å². The van der Waals surface area contributed by atoms with Crippen LogP contribution >= 0.6 is 0 Å². The fourth-order valence-corrected chi connectivity index (χ4v) is 5.63. The van der Waals surface area contributed by atoms with Gasteiger partial charge in [-0.05, 0) is 80.0 Å². The summed E-state index contributed by atoms with van der Waals surface area (Å²) in [6.07, 6.45) is 4.23. The van der Waals surface area contributed by atoms with Crippen LogP contribution in [-0.2, 0) is 16.0 Å². The molecule has 0 radical (unpaired) electrons. The van der Waals surface area contributed by atoms with E-state index in [1.54, 1.807) is 30.3 Å². The number of aromatic nitrogens is 1. The minimum absolute atomic E-state index is 0.00218. The monoisotopic (exact) mass is 564 g/mol. The molecule has 0 aliphatic carbocycles. The normalized spacial score (nSPS) is 14.8. The molecule has 1 aliphatic rings. The molecular weight excluding hydrogens is 523 g/mol. The molecule has 1 fully saturated rings. The first-order valence-corrected chi connectivity index (χ1v) is 14.3. The predicted molar refractivity (Wildman–Crippen MR) is 159 cm³/mol. The number of carbonyl (C=O) groups excluding carboxylic acids is 1. The summed E-state index contributed by atoms with van der Waals surface area (Å²) in [5, 5.41) is 23.3. The molecule has 41 heavy (non-hydrogen) atoms. The van der Waals surface area contributed by atoms with Crippen molar-refractivity contribution in [2.24, 2.45) is 0 Å². The number of benzene rings is 2. The lowest BCUT2D eigenvalue weighted by atomic mass is 9.94. The first-order valence-electron chi connectivity index (χ1n) is 14.3. The van der Waals surface area contributed by atoms with Gasteiger partial charge in [-0.25, -0.2) is 4.39 Å². The van der Waals surface area contributed by atoms with Crippen molar-refractivity contribution in [2.75, 3.05) is 25.2 Å². The van der Waals surface area contributed by atoms with Crippen LogP contribution in [0.5, 0.6) is 11.5 Å². The highest BCUT2D eigenvalue weighted by molar-refractivity contribution is 5.74. The highest BCUT2D eigenvalue weighted by atomic mass is 19.1. The Morgan fingerprint density at radius 1 is 1.07 bits per heavy atom. The second-order valence-electron chi connectivity index (χ2n) is 10.9. The number of methoxy groups -OCH3 is 1. The zero-order valence-corrected chi connectivity index (χ0v) is 24.4. The molecule has 3 aromatic rings. The first kappa shape index (κ1) is 30.2. The van der Waals surface area contributed by atoms with Crippen LogP contribution in [0.2, 0.25) is 0 Å². The zero-order valence-electron chi connectivity index (χ0n) is 24.4. The van der Waals surface area contributed by atoms with Crippen LogP contribution in [0.4, 0.5) is 4.39 Å². The second-order valence-corrected chi connectivity index (χ2v) is 10.9. The number of ether oxygens (including phenoxy) is 2. The predicted octanol–water partition coefficient (Wildman–Crippen LogP) is 6.94. The quantitative estimate of drug-likeness (QED) is 0.194. The molecule has 0 amide bonds. The van der Waals surface area contributed by atoms with Crippen molar-refractivity contribution in [3.05, 3.63) is 83.1 Å². The third-order valence-electron chi connectivity index (χ3n) is 7.49. The van der Waals surface area contributed by atoms with Gasteiger partial charge in [0.05, 0.1) is 25.4 Å². The van der Waals surface area contributed by atoms with E-state index in [1.165, 1.54) is 19.6 Å². The van der Waals surface area contributed by atoms with E-state index in [0.717, 1.165) is 54.0 Å². The number of esters is 1. The van der Waals surface area contributed by atoms with Gasteiger partial charge < -0.3 is 24.7 Å². The molecule has 2 aromatic carbocycles. The van der Waals surface area contributed by atoms with Crippen LogP contribution in [0, 0.1) is 12.7 Å². The lowest BCUT2D eigenvalue weighted by molar-refractivity contribution is -0.142. The molecule has 1 aliphatic heterocycles. The Labute approximate surface area is 241 Å². The van der Waals surface area contributed by atoms with E-state index in [2.05, 4.69) is 35.2 Å². The maximum absolute atomic E-state index is 14.9. The third-order valence-corrected chi connectivity index (χ3v) is 7.49. The number of rotatable bonds is 11. The molecule has 0 spiro atoms. The average Bonchev–Trinajstić information content (AvgIpc) is 3.26. The summed E-state index contributed by atoms with van der Waals surface area (Å²) in [6.45, 7) is 8.28. The molecule has 1 atom stereocenters. The van der Waals surface area contributed by atoms with E-state index in [0.29, 0.717) is 12.2 Å². The maximum atomic E-state index is 14.9. The number of aliphatic hydroxyl groups is 2. The Balaban J connectivity index is 1.78. The van der Waals surface area contributed by atoms with E-state index in [4.69, 9.17) is 4.74 Å². The SMILES string of the molecule is COC(=O)CC(O)C/C(O)=C\Cc1c(-c2ccc(F)c(Oc3ccccc3)c2)c(C)n(N2CCCCC2)c1C(C)C. The average molecular weight is 565 g/mol. The van der Waals surface area contributed by atoms with E-state index in [1.807, 2.05) is 18.2 Å². The summed E-state index contributed by atoms with van der Waals surface area (Å²) in [5.41, 5.74) is 4.99. The van der Waals surface area contributed by atoms with E-state index < -0.39 is 17.9 Å². The van der Waals surface area contributed by atoms with Gasteiger partial charge in [0.2, 0.25) is 0 Å². The summed E-state index contributed by atoms with van der Waals surface area (Å²) in [5.74, 6) is -0.131. The summed E-state index contributed by atoms with van der Waals surface area (Å²) in [4.78, 5) is 11.5. The molecule has 1 unspecified atom stereocenters. The van der Waals surface area contributed by atoms with Crippen LogP contribution < -0.4 is 9.75 Å². The van der Waals surface area contributed by atoms with Gasteiger partial charge in [0, 0.05) is 36.5 Å². The van der Waals surface area contributed by atoms with Crippen molar-refractivity contribution < 1.29 is 28.9 Å². The second kappa shape index (κ2) is 13.7. The molecule has 1 saturated heterocycles. The van der Waals surface area contributed by atoms with Crippen LogP contribution in [0.3, 0.4) is 0 Å². The number of halogens is 1. The molecule has 4 rings (SSSR count). The minimum Gasteiger partial charge on any atom is -0.513 e. The fraction of sp³-hybridized carbons (Fsp3) is 0.424.